The van der Waals surface area contributed by atoms with Crippen molar-refractivity contribution >= 4 is 5.69 Å². The minimum absolute atomic E-state index is 0.148. The highest BCUT2D eigenvalue weighted by atomic mass is 16.5. The summed E-state index contributed by atoms with van der Waals surface area (Å²) in [6.45, 7) is 15.8. The maximum atomic E-state index is 5.30. The number of rotatable bonds is 7. The van der Waals surface area contributed by atoms with Crippen LogP contribution in [-0.4, -0.2) is 31.8 Å². The van der Waals surface area contributed by atoms with E-state index in [0.717, 1.165) is 19.7 Å². The van der Waals surface area contributed by atoms with Crippen LogP contribution >= 0.6 is 0 Å². The van der Waals surface area contributed by atoms with Gasteiger partial charge in [0.15, 0.2) is 0 Å². The van der Waals surface area contributed by atoms with Crippen molar-refractivity contribution in [3.05, 3.63) is 29.3 Å². The van der Waals surface area contributed by atoms with E-state index in [9.17, 15) is 0 Å². The molecule has 0 spiro atoms. The molecule has 1 aromatic rings. The molecule has 3 nitrogen and oxygen atoms in total. The number of hydrogen-bond acceptors (Lipinski definition) is 3. The van der Waals surface area contributed by atoms with Crippen LogP contribution in [0.3, 0.4) is 0 Å². The van der Waals surface area contributed by atoms with E-state index in [0.29, 0.717) is 6.04 Å². The standard InChI is InChI=1S/C18H32N2O/c1-8-20(15(3)13-21-7)17-10-9-16(11-14(17)2)12-19-18(4,5)6/h9-11,15,19H,8,12-13H2,1-7H3. The van der Waals surface area contributed by atoms with Crippen LogP contribution < -0.4 is 10.2 Å². The van der Waals surface area contributed by atoms with Gasteiger partial charge < -0.3 is 15.0 Å². The zero-order valence-corrected chi connectivity index (χ0v) is 14.8. The third-order valence-electron chi connectivity index (χ3n) is 3.67. The minimum atomic E-state index is 0.148. The van der Waals surface area contributed by atoms with Crippen molar-refractivity contribution in [2.24, 2.45) is 0 Å². The van der Waals surface area contributed by atoms with Gasteiger partial charge in [-0.05, 0) is 58.7 Å². The SMILES string of the molecule is CCN(c1ccc(CNC(C)(C)C)cc1C)C(C)COC. The van der Waals surface area contributed by atoms with Crippen molar-refractivity contribution in [2.45, 2.75) is 59.7 Å². The van der Waals surface area contributed by atoms with Gasteiger partial charge in [-0.15, -0.1) is 0 Å². The van der Waals surface area contributed by atoms with Crippen LogP contribution in [0.25, 0.3) is 0 Å². The summed E-state index contributed by atoms with van der Waals surface area (Å²) < 4.78 is 5.30. The van der Waals surface area contributed by atoms with Crippen molar-refractivity contribution in [3.8, 4) is 0 Å². The zero-order chi connectivity index (χ0) is 16.0. The van der Waals surface area contributed by atoms with Gasteiger partial charge in [-0.25, -0.2) is 0 Å². The molecule has 0 bridgehead atoms. The summed E-state index contributed by atoms with van der Waals surface area (Å²) in [4.78, 5) is 2.40. The second-order valence-corrected chi connectivity index (χ2v) is 6.81. The average Bonchev–Trinajstić information content (AvgIpc) is 2.39. The van der Waals surface area contributed by atoms with E-state index >= 15 is 0 Å². The molecule has 3 heteroatoms. The molecule has 0 radical (unpaired) electrons. The van der Waals surface area contributed by atoms with Crippen LogP contribution in [0.15, 0.2) is 18.2 Å². The zero-order valence-electron chi connectivity index (χ0n) is 14.8. The molecule has 0 aromatic heterocycles. The summed E-state index contributed by atoms with van der Waals surface area (Å²) in [5.41, 5.74) is 4.12. The number of ether oxygens (including phenoxy) is 1. The molecule has 0 fully saturated rings. The smallest absolute Gasteiger partial charge is 0.0663 e. The van der Waals surface area contributed by atoms with E-state index < -0.39 is 0 Å². The van der Waals surface area contributed by atoms with Crippen LogP contribution in [0.1, 0.15) is 45.7 Å². The normalized spacial score (nSPS) is 13.3. The topological polar surface area (TPSA) is 24.5 Å². The number of hydrogen-bond donors (Lipinski definition) is 1. The van der Waals surface area contributed by atoms with Gasteiger partial charge in [0.05, 0.1) is 6.61 Å². The highest BCUT2D eigenvalue weighted by molar-refractivity contribution is 5.55. The maximum Gasteiger partial charge on any atom is 0.0663 e. The summed E-state index contributed by atoms with van der Waals surface area (Å²) in [6.07, 6.45) is 0. The highest BCUT2D eigenvalue weighted by Crippen LogP contribution is 2.23. The highest BCUT2D eigenvalue weighted by Gasteiger charge is 2.15. The first-order valence-corrected chi connectivity index (χ1v) is 7.88. The van der Waals surface area contributed by atoms with Gasteiger partial charge in [0.2, 0.25) is 0 Å². The van der Waals surface area contributed by atoms with Gasteiger partial charge in [0.1, 0.15) is 0 Å². The molecule has 1 unspecified atom stereocenters. The molecule has 0 aliphatic rings. The van der Waals surface area contributed by atoms with Crippen molar-refractivity contribution in [1.29, 1.82) is 0 Å². The molecule has 21 heavy (non-hydrogen) atoms. The van der Waals surface area contributed by atoms with Crippen LogP contribution in [0.2, 0.25) is 0 Å². The molecule has 1 N–H and O–H groups in total. The van der Waals surface area contributed by atoms with Crippen LogP contribution in [0.5, 0.6) is 0 Å². The largest absolute Gasteiger partial charge is 0.383 e. The first kappa shape index (κ1) is 18.0. The summed E-state index contributed by atoms with van der Waals surface area (Å²) in [5.74, 6) is 0. The fraction of sp³-hybridized carbons (Fsp3) is 0.667. The van der Waals surface area contributed by atoms with E-state index in [2.05, 4.69) is 70.0 Å². The molecule has 0 saturated heterocycles. The lowest BCUT2D eigenvalue weighted by Gasteiger charge is -2.31. The third-order valence-corrected chi connectivity index (χ3v) is 3.67. The summed E-state index contributed by atoms with van der Waals surface area (Å²) >= 11 is 0. The Bertz CT molecular complexity index is 437. The molecule has 0 amide bonds. The number of nitrogens with one attached hydrogen (secondary N) is 1. The second-order valence-electron chi connectivity index (χ2n) is 6.81. The van der Waals surface area contributed by atoms with Crippen LogP contribution in [0.4, 0.5) is 5.69 Å². The Morgan fingerprint density at radius 1 is 1.29 bits per heavy atom. The molecule has 0 saturated carbocycles. The Hall–Kier alpha value is -1.06. The molecule has 120 valence electrons. The Balaban J connectivity index is 2.85. The first-order valence-electron chi connectivity index (χ1n) is 7.88. The van der Waals surface area contributed by atoms with E-state index in [4.69, 9.17) is 4.74 Å². The monoisotopic (exact) mass is 292 g/mol. The van der Waals surface area contributed by atoms with Crippen LogP contribution in [-0.2, 0) is 11.3 Å². The van der Waals surface area contributed by atoms with E-state index in [1.165, 1.54) is 16.8 Å². The van der Waals surface area contributed by atoms with Crippen molar-refractivity contribution < 1.29 is 4.74 Å². The van der Waals surface area contributed by atoms with Gasteiger partial charge in [-0.3, -0.25) is 0 Å². The minimum Gasteiger partial charge on any atom is -0.383 e. The first-order chi connectivity index (χ1) is 9.78. The van der Waals surface area contributed by atoms with Gasteiger partial charge in [0.25, 0.3) is 0 Å². The lowest BCUT2D eigenvalue weighted by Crippen LogP contribution is -2.37. The number of methoxy groups -OCH3 is 1. The van der Waals surface area contributed by atoms with Crippen molar-refractivity contribution in [3.63, 3.8) is 0 Å². The predicted molar refractivity (Wildman–Crippen MR) is 92.1 cm³/mol. The Labute approximate surface area is 130 Å². The molecular weight excluding hydrogens is 260 g/mol. The van der Waals surface area contributed by atoms with Gasteiger partial charge in [-0.2, -0.15) is 0 Å². The van der Waals surface area contributed by atoms with Crippen molar-refractivity contribution in [2.75, 3.05) is 25.2 Å². The summed E-state index contributed by atoms with van der Waals surface area (Å²) in [6, 6.07) is 7.14. The Kier molecular flexibility index (Phi) is 6.69. The number of aryl methyl sites for hydroxylation is 1. The number of likely N-dealkylation sites (N-methyl/N-ethyl adjacent to an activating group) is 1. The second kappa shape index (κ2) is 7.81. The quantitative estimate of drug-likeness (QED) is 0.828. The van der Waals surface area contributed by atoms with Crippen LogP contribution in [0, 0.1) is 6.92 Å². The van der Waals surface area contributed by atoms with Crippen molar-refractivity contribution in [1.82, 2.24) is 5.32 Å². The fourth-order valence-corrected chi connectivity index (χ4v) is 2.57. The van der Waals surface area contributed by atoms with Gasteiger partial charge in [-0.1, -0.05) is 12.1 Å². The third kappa shape index (κ3) is 5.68. The van der Waals surface area contributed by atoms with Gasteiger partial charge in [0, 0.05) is 37.5 Å². The number of anilines is 1. The molecule has 0 heterocycles. The molecule has 0 aliphatic carbocycles. The van der Waals surface area contributed by atoms with E-state index in [-0.39, 0.29) is 5.54 Å². The number of benzene rings is 1. The molecule has 1 aromatic carbocycles. The molecule has 1 atom stereocenters. The molecule has 0 aliphatic heterocycles. The molecular formula is C18H32N2O. The van der Waals surface area contributed by atoms with E-state index in [1.54, 1.807) is 7.11 Å². The average molecular weight is 292 g/mol. The Morgan fingerprint density at radius 3 is 2.43 bits per heavy atom. The lowest BCUT2D eigenvalue weighted by atomic mass is 10.1. The number of nitrogens with zero attached hydrogens (tertiary/aromatic N) is 1. The predicted octanol–water partition coefficient (Wildman–Crippen LogP) is 3.74. The maximum absolute atomic E-state index is 5.30. The van der Waals surface area contributed by atoms with Gasteiger partial charge >= 0.3 is 0 Å². The Morgan fingerprint density at radius 2 is 1.95 bits per heavy atom. The summed E-state index contributed by atoms with van der Waals surface area (Å²) in [5, 5.41) is 3.54. The molecule has 1 rings (SSSR count). The fourth-order valence-electron chi connectivity index (χ4n) is 2.57. The van der Waals surface area contributed by atoms with E-state index in [1.807, 2.05) is 0 Å². The lowest BCUT2D eigenvalue weighted by molar-refractivity contribution is 0.182. The summed E-state index contributed by atoms with van der Waals surface area (Å²) in [7, 11) is 1.76.